The number of benzene rings is 1. The zero-order valence-electron chi connectivity index (χ0n) is 18.4. The molecule has 1 aromatic carbocycles. The molecule has 6 heteroatoms. The lowest BCUT2D eigenvalue weighted by Crippen LogP contribution is -2.19. The zero-order valence-corrected chi connectivity index (χ0v) is 18.4. The number of carboxylic acids is 1. The maximum absolute atomic E-state index is 12.3. The highest BCUT2D eigenvalue weighted by Gasteiger charge is 2.39. The first-order valence-corrected chi connectivity index (χ1v) is 11.3. The first-order valence-electron chi connectivity index (χ1n) is 11.3. The van der Waals surface area contributed by atoms with Crippen LogP contribution >= 0.6 is 0 Å². The van der Waals surface area contributed by atoms with E-state index in [0.29, 0.717) is 32.5 Å². The van der Waals surface area contributed by atoms with Crippen LogP contribution < -0.4 is 0 Å². The number of aliphatic carboxylic acids is 1. The van der Waals surface area contributed by atoms with Gasteiger partial charge < -0.3 is 20.1 Å². The van der Waals surface area contributed by atoms with E-state index in [4.69, 9.17) is 9.84 Å². The number of ketones is 1. The second-order valence-corrected chi connectivity index (χ2v) is 8.38. The van der Waals surface area contributed by atoms with Gasteiger partial charge in [0.2, 0.25) is 0 Å². The molecule has 0 saturated heterocycles. The number of Topliss-reactive ketones (excluding diaryl/α,β-unsaturated/α-hetero) is 1. The minimum absolute atomic E-state index is 0.0748. The van der Waals surface area contributed by atoms with Crippen molar-refractivity contribution in [3.8, 4) is 0 Å². The van der Waals surface area contributed by atoms with E-state index in [0.717, 1.165) is 30.4 Å². The fourth-order valence-corrected chi connectivity index (χ4v) is 4.22. The third kappa shape index (κ3) is 8.93. The summed E-state index contributed by atoms with van der Waals surface area (Å²) >= 11 is 0. The molecular weight excluding hydrogens is 396 g/mol. The second-order valence-electron chi connectivity index (χ2n) is 8.38. The van der Waals surface area contributed by atoms with E-state index in [1.54, 1.807) is 12.2 Å². The number of hydrogen-bond acceptors (Lipinski definition) is 5. The van der Waals surface area contributed by atoms with Crippen molar-refractivity contribution >= 4 is 11.8 Å². The molecule has 0 spiro atoms. The molecule has 0 aliphatic heterocycles. The maximum Gasteiger partial charge on any atom is 0.303 e. The summed E-state index contributed by atoms with van der Waals surface area (Å²) in [6, 6.07) is 7.93. The fraction of sp³-hybridized carbons (Fsp3) is 0.600. The summed E-state index contributed by atoms with van der Waals surface area (Å²) in [5, 5.41) is 29.5. The number of unbranched alkanes of at least 4 members (excludes halogenated alkanes) is 3. The zero-order chi connectivity index (χ0) is 22.6. The Morgan fingerprint density at radius 2 is 1.97 bits per heavy atom. The van der Waals surface area contributed by atoms with Crippen LogP contribution in [0.15, 0.2) is 36.4 Å². The molecule has 0 radical (unpaired) electrons. The van der Waals surface area contributed by atoms with Crippen molar-refractivity contribution in [3.63, 3.8) is 0 Å². The van der Waals surface area contributed by atoms with Crippen LogP contribution in [-0.2, 0) is 27.4 Å². The van der Waals surface area contributed by atoms with Crippen LogP contribution in [-0.4, -0.2) is 45.9 Å². The average molecular weight is 433 g/mol. The first kappa shape index (κ1) is 25.2. The van der Waals surface area contributed by atoms with Gasteiger partial charge in [0.15, 0.2) is 0 Å². The molecule has 6 nitrogen and oxygen atoms in total. The maximum atomic E-state index is 12.3. The number of hydrogen-bond donors (Lipinski definition) is 3. The lowest BCUT2D eigenvalue weighted by atomic mass is 9.88. The van der Waals surface area contributed by atoms with Gasteiger partial charge in [-0.05, 0) is 30.9 Å². The highest BCUT2D eigenvalue weighted by atomic mass is 16.5. The van der Waals surface area contributed by atoms with E-state index in [9.17, 15) is 19.8 Å². The van der Waals surface area contributed by atoms with Gasteiger partial charge in [-0.15, -0.1) is 0 Å². The Morgan fingerprint density at radius 1 is 1.23 bits per heavy atom. The van der Waals surface area contributed by atoms with E-state index < -0.39 is 18.2 Å². The largest absolute Gasteiger partial charge is 0.481 e. The quantitative estimate of drug-likeness (QED) is 0.306. The number of carbonyl (C=O) groups is 2. The molecule has 0 unspecified atom stereocenters. The molecule has 0 aromatic heterocycles. The molecule has 0 amide bonds. The van der Waals surface area contributed by atoms with Crippen LogP contribution in [0.25, 0.3) is 0 Å². The summed E-state index contributed by atoms with van der Waals surface area (Å²) < 4.78 is 5.43. The van der Waals surface area contributed by atoms with E-state index >= 15 is 0 Å². The van der Waals surface area contributed by atoms with Crippen LogP contribution in [0.2, 0.25) is 0 Å². The van der Waals surface area contributed by atoms with Crippen molar-refractivity contribution in [3.05, 3.63) is 47.5 Å². The van der Waals surface area contributed by atoms with Crippen molar-refractivity contribution in [2.45, 2.75) is 77.1 Å². The number of aliphatic hydroxyl groups is 2. The van der Waals surface area contributed by atoms with Gasteiger partial charge in [-0.2, -0.15) is 0 Å². The normalized spacial score (nSPS) is 22.3. The number of carbonyl (C=O) groups excluding carboxylic acids is 1. The van der Waals surface area contributed by atoms with Crippen LogP contribution in [0.1, 0.15) is 63.0 Å². The Morgan fingerprint density at radius 3 is 2.71 bits per heavy atom. The molecule has 1 aliphatic carbocycles. The van der Waals surface area contributed by atoms with Gasteiger partial charge in [0, 0.05) is 37.7 Å². The van der Waals surface area contributed by atoms with Crippen molar-refractivity contribution in [1.29, 1.82) is 0 Å². The van der Waals surface area contributed by atoms with Gasteiger partial charge >= 0.3 is 5.97 Å². The highest BCUT2D eigenvalue weighted by molar-refractivity contribution is 5.84. The predicted molar refractivity (Wildman–Crippen MR) is 119 cm³/mol. The van der Waals surface area contributed by atoms with Crippen LogP contribution in [0.3, 0.4) is 0 Å². The summed E-state index contributed by atoms with van der Waals surface area (Å²) in [5.41, 5.74) is 2.08. The van der Waals surface area contributed by atoms with E-state index in [1.807, 2.05) is 31.2 Å². The summed E-state index contributed by atoms with van der Waals surface area (Å²) in [5.74, 6) is -1.21. The molecule has 1 saturated carbocycles. The number of carboxylic acid groups (broad SMARTS) is 1. The third-order valence-corrected chi connectivity index (χ3v) is 5.85. The average Bonchev–Trinajstić information content (AvgIpc) is 2.99. The first-order chi connectivity index (χ1) is 14.9. The highest BCUT2D eigenvalue weighted by Crippen LogP contribution is 2.34. The monoisotopic (exact) mass is 432 g/mol. The molecule has 1 fully saturated rings. The molecule has 172 valence electrons. The Hall–Kier alpha value is -2.02. The lowest BCUT2D eigenvalue weighted by Gasteiger charge is -2.18. The molecule has 2 rings (SSSR count). The Labute approximate surface area is 184 Å². The van der Waals surface area contributed by atoms with Gasteiger partial charge in [-0.3, -0.25) is 9.59 Å². The van der Waals surface area contributed by atoms with Crippen LogP contribution in [0, 0.1) is 11.8 Å². The minimum Gasteiger partial charge on any atom is -0.481 e. The van der Waals surface area contributed by atoms with Crippen molar-refractivity contribution in [2.75, 3.05) is 6.61 Å². The Balaban J connectivity index is 1.85. The van der Waals surface area contributed by atoms with Gasteiger partial charge in [0.05, 0.1) is 18.8 Å². The molecule has 1 aliphatic rings. The smallest absolute Gasteiger partial charge is 0.303 e. The summed E-state index contributed by atoms with van der Waals surface area (Å²) in [6.45, 7) is 3.15. The van der Waals surface area contributed by atoms with E-state index in [-0.39, 0.29) is 30.5 Å². The topological polar surface area (TPSA) is 104 Å². The summed E-state index contributed by atoms with van der Waals surface area (Å²) in [4.78, 5) is 22.9. The van der Waals surface area contributed by atoms with Crippen molar-refractivity contribution < 1.29 is 29.6 Å². The SMILES string of the molecule is CCOCc1cccc(C[C@@H](O)/C=C/[C@H]2[C@H](O)CC(=O)[C@@H]2CCCCCCC(=O)O)c1. The molecule has 0 heterocycles. The van der Waals surface area contributed by atoms with E-state index in [2.05, 4.69) is 0 Å². The molecule has 3 N–H and O–H groups in total. The molecule has 31 heavy (non-hydrogen) atoms. The van der Waals surface area contributed by atoms with Crippen molar-refractivity contribution in [2.24, 2.45) is 11.8 Å². The summed E-state index contributed by atoms with van der Waals surface area (Å²) in [7, 11) is 0. The number of aliphatic hydroxyl groups excluding tert-OH is 2. The molecule has 4 atom stereocenters. The minimum atomic E-state index is -0.779. The Bertz CT molecular complexity index is 728. The molecule has 1 aromatic rings. The van der Waals surface area contributed by atoms with Crippen LogP contribution in [0.4, 0.5) is 0 Å². The summed E-state index contributed by atoms with van der Waals surface area (Å²) in [6.07, 6.45) is 6.79. The second kappa shape index (κ2) is 13.4. The van der Waals surface area contributed by atoms with Gasteiger partial charge in [0.25, 0.3) is 0 Å². The van der Waals surface area contributed by atoms with Crippen LogP contribution in [0.5, 0.6) is 0 Å². The predicted octanol–water partition coefficient (Wildman–Crippen LogP) is 3.67. The fourth-order valence-electron chi connectivity index (χ4n) is 4.22. The van der Waals surface area contributed by atoms with Gasteiger partial charge in [-0.1, -0.05) is 55.7 Å². The number of ether oxygens (including phenoxy) is 1. The molecular formula is C25H36O6. The Kier molecular flexibility index (Phi) is 10.9. The molecule has 0 bridgehead atoms. The van der Waals surface area contributed by atoms with Crippen molar-refractivity contribution in [1.82, 2.24) is 0 Å². The van der Waals surface area contributed by atoms with E-state index in [1.165, 1.54) is 0 Å². The van der Waals surface area contributed by atoms with Gasteiger partial charge in [-0.25, -0.2) is 0 Å². The third-order valence-electron chi connectivity index (χ3n) is 5.85. The number of rotatable bonds is 14. The van der Waals surface area contributed by atoms with Gasteiger partial charge in [0.1, 0.15) is 5.78 Å². The standard InChI is InChI=1S/C25H36O6/c1-2-31-17-19-9-7-8-18(14-19)15-20(26)12-13-22-21(23(27)16-24(22)28)10-5-3-4-6-11-25(29)30/h7-9,12-14,20-22,24,26,28H,2-6,10-11,15-17H2,1H3,(H,29,30)/b13-12+/t20-,21+,22+,24+/m0/s1. The lowest BCUT2D eigenvalue weighted by molar-refractivity contribution is -0.137.